The number of ether oxygens (including phenoxy) is 1. The molecule has 2 N–H and O–H groups in total. The molecule has 22 heavy (non-hydrogen) atoms. The molecular weight excluding hydrogens is 300 g/mol. The van der Waals surface area contributed by atoms with E-state index in [-0.39, 0.29) is 18.3 Å². The van der Waals surface area contributed by atoms with Gasteiger partial charge in [0.1, 0.15) is 5.75 Å². The zero-order chi connectivity index (χ0) is 15.1. The number of nitrogens with two attached hydrogens (primary N) is 1. The minimum atomic E-state index is 0. The normalized spacial score (nSPS) is 9.73. The van der Waals surface area contributed by atoms with E-state index in [0.29, 0.717) is 19.5 Å². The Morgan fingerprint density at radius 2 is 1.73 bits per heavy atom. The third-order valence-corrected chi connectivity index (χ3v) is 3.23. The first kappa shape index (κ1) is 18.0. The largest absolute Gasteiger partial charge is 0.497 e. The third kappa shape index (κ3) is 4.76. The molecule has 0 bridgehead atoms. The number of anilines is 1. The summed E-state index contributed by atoms with van der Waals surface area (Å²) in [5, 5.41) is 0. The Kier molecular flexibility index (Phi) is 7.43. The van der Waals surface area contributed by atoms with E-state index in [4.69, 9.17) is 10.5 Å². The predicted octanol–water partition coefficient (Wildman–Crippen LogP) is 3.00. The molecule has 0 saturated heterocycles. The summed E-state index contributed by atoms with van der Waals surface area (Å²) in [6.07, 6.45) is 0.332. The lowest BCUT2D eigenvalue weighted by Crippen LogP contribution is -2.31. The monoisotopic (exact) mass is 320 g/mol. The molecule has 1 amide bonds. The van der Waals surface area contributed by atoms with Gasteiger partial charge < -0.3 is 15.4 Å². The van der Waals surface area contributed by atoms with Crippen molar-refractivity contribution in [2.45, 2.75) is 13.0 Å². The van der Waals surface area contributed by atoms with Crippen molar-refractivity contribution in [3.63, 3.8) is 0 Å². The standard InChI is InChI=1S/C17H20N2O2.ClH/c1-21-16-9-7-15(8-10-16)19(17(20)11-12-18)13-14-5-3-2-4-6-14;/h2-10H,11-13,18H2,1H3;1H. The van der Waals surface area contributed by atoms with E-state index in [0.717, 1.165) is 17.0 Å². The molecule has 0 aliphatic heterocycles. The number of hydrogen-bond acceptors (Lipinski definition) is 3. The highest BCUT2D eigenvalue weighted by atomic mass is 35.5. The average Bonchev–Trinajstić information content (AvgIpc) is 2.54. The van der Waals surface area contributed by atoms with E-state index >= 15 is 0 Å². The Morgan fingerprint density at radius 1 is 1.09 bits per heavy atom. The van der Waals surface area contributed by atoms with Crippen molar-refractivity contribution in [3.8, 4) is 5.75 Å². The quantitative estimate of drug-likeness (QED) is 0.890. The van der Waals surface area contributed by atoms with Crippen molar-refractivity contribution in [2.24, 2.45) is 5.73 Å². The fraction of sp³-hybridized carbons (Fsp3) is 0.235. The van der Waals surface area contributed by atoms with Crippen LogP contribution < -0.4 is 15.4 Å². The van der Waals surface area contributed by atoms with E-state index in [2.05, 4.69) is 0 Å². The van der Waals surface area contributed by atoms with Crippen LogP contribution in [0.3, 0.4) is 0 Å². The van der Waals surface area contributed by atoms with Crippen LogP contribution in [0.5, 0.6) is 5.75 Å². The highest BCUT2D eigenvalue weighted by Crippen LogP contribution is 2.22. The number of carbonyl (C=O) groups is 1. The Morgan fingerprint density at radius 3 is 2.27 bits per heavy atom. The molecule has 5 heteroatoms. The molecule has 0 spiro atoms. The molecule has 0 unspecified atom stereocenters. The first-order valence-corrected chi connectivity index (χ1v) is 6.93. The first-order chi connectivity index (χ1) is 10.2. The lowest BCUT2D eigenvalue weighted by molar-refractivity contribution is -0.118. The average molecular weight is 321 g/mol. The van der Waals surface area contributed by atoms with Crippen LogP contribution in [0.2, 0.25) is 0 Å². The van der Waals surface area contributed by atoms with E-state index in [1.165, 1.54) is 0 Å². The van der Waals surface area contributed by atoms with Crippen LogP contribution in [0.15, 0.2) is 54.6 Å². The van der Waals surface area contributed by atoms with Gasteiger partial charge in [-0.2, -0.15) is 0 Å². The smallest absolute Gasteiger partial charge is 0.228 e. The second kappa shape index (κ2) is 9.07. The van der Waals surface area contributed by atoms with Gasteiger partial charge in [-0.1, -0.05) is 30.3 Å². The van der Waals surface area contributed by atoms with Gasteiger partial charge in [0.05, 0.1) is 13.7 Å². The zero-order valence-electron chi connectivity index (χ0n) is 12.6. The number of amides is 1. The van der Waals surface area contributed by atoms with Gasteiger partial charge in [0.2, 0.25) is 5.91 Å². The molecular formula is C17H21ClN2O2. The summed E-state index contributed by atoms with van der Waals surface area (Å²) in [5.74, 6) is 0.788. The van der Waals surface area contributed by atoms with Crippen molar-refractivity contribution in [3.05, 3.63) is 60.2 Å². The summed E-state index contributed by atoms with van der Waals surface area (Å²) in [6, 6.07) is 17.4. The minimum Gasteiger partial charge on any atom is -0.497 e. The van der Waals surface area contributed by atoms with Gasteiger partial charge in [-0.3, -0.25) is 4.79 Å². The van der Waals surface area contributed by atoms with Crippen molar-refractivity contribution >= 4 is 24.0 Å². The third-order valence-electron chi connectivity index (χ3n) is 3.23. The number of halogens is 1. The van der Waals surface area contributed by atoms with Gasteiger partial charge >= 0.3 is 0 Å². The Bertz CT molecular complexity index is 573. The van der Waals surface area contributed by atoms with Gasteiger partial charge in [-0.05, 0) is 29.8 Å². The fourth-order valence-electron chi connectivity index (χ4n) is 2.11. The van der Waals surface area contributed by atoms with Gasteiger partial charge in [-0.25, -0.2) is 0 Å². The molecule has 0 heterocycles. The highest BCUT2D eigenvalue weighted by molar-refractivity contribution is 5.93. The van der Waals surface area contributed by atoms with Crippen LogP contribution in [0.1, 0.15) is 12.0 Å². The zero-order valence-corrected chi connectivity index (χ0v) is 13.4. The predicted molar refractivity (Wildman–Crippen MR) is 91.5 cm³/mol. The highest BCUT2D eigenvalue weighted by Gasteiger charge is 2.15. The van der Waals surface area contributed by atoms with Gasteiger partial charge in [0, 0.05) is 18.7 Å². The molecule has 118 valence electrons. The molecule has 0 saturated carbocycles. The van der Waals surface area contributed by atoms with Gasteiger partial charge in [0.25, 0.3) is 0 Å². The lowest BCUT2D eigenvalue weighted by atomic mass is 10.1. The van der Waals surface area contributed by atoms with Crippen LogP contribution in [-0.4, -0.2) is 19.6 Å². The summed E-state index contributed by atoms with van der Waals surface area (Å²) in [4.78, 5) is 14.1. The topological polar surface area (TPSA) is 55.6 Å². The van der Waals surface area contributed by atoms with Crippen molar-refractivity contribution in [1.82, 2.24) is 0 Å². The SMILES string of the molecule is COc1ccc(N(Cc2ccccc2)C(=O)CCN)cc1.Cl. The van der Waals surface area contributed by atoms with Crippen LogP contribution in [0.4, 0.5) is 5.69 Å². The summed E-state index contributed by atoms with van der Waals surface area (Å²) in [5.41, 5.74) is 7.44. The summed E-state index contributed by atoms with van der Waals surface area (Å²) in [7, 11) is 1.62. The molecule has 0 radical (unpaired) electrons. The summed E-state index contributed by atoms with van der Waals surface area (Å²) < 4.78 is 5.15. The Hall–Kier alpha value is -2.04. The summed E-state index contributed by atoms with van der Waals surface area (Å²) in [6.45, 7) is 0.881. The molecule has 4 nitrogen and oxygen atoms in total. The van der Waals surface area contributed by atoms with E-state index in [1.54, 1.807) is 12.0 Å². The van der Waals surface area contributed by atoms with Gasteiger partial charge in [-0.15, -0.1) is 12.4 Å². The van der Waals surface area contributed by atoms with Crippen molar-refractivity contribution in [1.29, 1.82) is 0 Å². The van der Waals surface area contributed by atoms with Crippen LogP contribution >= 0.6 is 12.4 Å². The Balaban J connectivity index is 0.00000242. The molecule has 2 aromatic carbocycles. The molecule has 2 aromatic rings. The molecule has 0 atom stereocenters. The second-order valence-electron chi connectivity index (χ2n) is 4.70. The van der Waals surface area contributed by atoms with E-state index < -0.39 is 0 Å². The van der Waals surface area contributed by atoms with Crippen LogP contribution in [0.25, 0.3) is 0 Å². The van der Waals surface area contributed by atoms with E-state index in [1.807, 2.05) is 54.6 Å². The number of hydrogen-bond donors (Lipinski definition) is 1. The fourth-order valence-corrected chi connectivity index (χ4v) is 2.11. The van der Waals surface area contributed by atoms with Crippen molar-refractivity contribution < 1.29 is 9.53 Å². The molecule has 0 fully saturated rings. The number of benzene rings is 2. The molecule has 0 aliphatic rings. The van der Waals surface area contributed by atoms with Crippen LogP contribution in [-0.2, 0) is 11.3 Å². The molecule has 2 rings (SSSR count). The second-order valence-corrected chi connectivity index (χ2v) is 4.70. The molecule has 0 aromatic heterocycles. The molecule has 0 aliphatic carbocycles. The maximum atomic E-state index is 12.3. The maximum Gasteiger partial charge on any atom is 0.228 e. The number of methoxy groups -OCH3 is 1. The number of nitrogens with zero attached hydrogens (tertiary/aromatic N) is 1. The Labute approximate surface area is 137 Å². The number of carbonyl (C=O) groups excluding carboxylic acids is 1. The van der Waals surface area contributed by atoms with E-state index in [9.17, 15) is 4.79 Å². The van der Waals surface area contributed by atoms with Crippen molar-refractivity contribution in [2.75, 3.05) is 18.6 Å². The lowest BCUT2D eigenvalue weighted by Gasteiger charge is -2.23. The number of rotatable bonds is 6. The first-order valence-electron chi connectivity index (χ1n) is 6.93. The summed E-state index contributed by atoms with van der Waals surface area (Å²) >= 11 is 0. The maximum absolute atomic E-state index is 12.3. The minimum absolute atomic E-state index is 0. The van der Waals surface area contributed by atoms with Gasteiger partial charge in [0.15, 0.2) is 0 Å². The van der Waals surface area contributed by atoms with Crippen LogP contribution in [0, 0.1) is 0 Å².